The summed E-state index contributed by atoms with van der Waals surface area (Å²) in [5.41, 5.74) is 0.583. The molecule has 1 saturated carbocycles. The molecule has 0 unspecified atom stereocenters. The number of hydrogen-bond acceptors (Lipinski definition) is 1. The molecule has 1 aliphatic heterocycles. The third-order valence-corrected chi connectivity index (χ3v) is 4.84. The third kappa shape index (κ3) is 4.88. The van der Waals surface area contributed by atoms with Crippen LogP contribution in [-0.4, -0.2) is 28.3 Å². The molecule has 1 aliphatic carbocycles. The quantitative estimate of drug-likeness (QED) is 0.684. The Balaban J connectivity index is 1.83. The zero-order valence-electron chi connectivity index (χ0n) is 13.6. The lowest BCUT2D eigenvalue weighted by Crippen LogP contribution is -3.06. The number of nitrogens with one attached hydrogen (secondary N) is 2. The molecule has 2 fully saturated rings. The highest BCUT2D eigenvalue weighted by molar-refractivity contribution is 7.80. The molecule has 1 saturated heterocycles. The monoisotopic (exact) mass is 298 g/mol. The molecule has 0 spiro atoms. The fraction of sp³-hybridized carbons (Fsp3) is 0.938. The van der Waals surface area contributed by atoms with E-state index in [2.05, 4.69) is 43.6 Å². The molecule has 4 heteroatoms. The molecule has 116 valence electrons. The highest BCUT2D eigenvalue weighted by Crippen LogP contribution is 2.22. The summed E-state index contributed by atoms with van der Waals surface area (Å²) >= 11 is 5.53. The van der Waals surface area contributed by atoms with E-state index in [1.165, 1.54) is 44.9 Å². The summed E-state index contributed by atoms with van der Waals surface area (Å²) in [5, 5.41) is 10.5. The zero-order chi connectivity index (χ0) is 14.8. The SMILES string of the molecule is CC1(C)CC(NC(=S)NC2CCCCC2)CC(C)(C)[NH2+]1. The van der Waals surface area contributed by atoms with Gasteiger partial charge in [0.15, 0.2) is 5.11 Å². The van der Waals surface area contributed by atoms with Gasteiger partial charge in [0, 0.05) is 24.9 Å². The van der Waals surface area contributed by atoms with E-state index >= 15 is 0 Å². The lowest BCUT2D eigenvalue weighted by Gasteiger charge is -2.43. The minimum absolute atomic E-state index is 0.292. The molecule has 0 atom stereocenters. The number of piperidine rings is 1. The highest BCUT2D eigenvalue weighted by atomic mass is 32.1. The first-order valence-corrected chi connectivity index (χ1v) is 8.61. The summed E-state index contributed by atoms with van der Waals surface area (Å²) in [4.78, 5) is 0. The van der Waals surface area contributed by atoms with Gasteiger partial charge in [-0.05, 0) is 52.8 Å². The molecule has 3 nitrogen and oxygen atoms in total. The number of quaternary nitrogens is 1. The number of hydrogen-bond donors (Lipinski definition) is 3. The Morgan fingerprint density at radius 3 is 1.95 bits per heavy atom. The Hall–Kier alpha value is -0.350. The van der Waals surface area contributed by atoms with Crippen molar-refractivity contribution in [1.82, 2.24) is 10.6 Å². The van der Waals surface area contributed by atoms with Crippen molar-refractivity contribution in [2.75, 3.05) is 0 Å². The van der Waals surface area contributed by atoms with Crippen LogP contribution in [0, 0.1) is 0 Å². The van der Waals surface area contributed by atoms with Gasteiger partial charge in [-0.15, -0.1) is 0 Å². The second-order valence-corrected chi connectivity index (χ2v) is 8.59. The van der Waals surface area contributed by atoms with Crippen molar-refractivity contribution in [1.29, 1.82) is 0 Å². The summed E-state index contributed by atoms with van der Waals surface area (Å²) in [7, 11) is 0. The molecule has 2 aliphatic rings. The largest absolute Gasteiger partial charge is 0.360 e. The van der Waals surface area contributed by atoms with Crippen LogP contribution in [0.25, 0.3) is 0 Å². The Morgan fingerprint density at radius 1 is 0.900 bits per heavy atom. The van der Waals surface area contributed by atoms with E-state index < -0.39 is 0 Å². The maximum Gasteiger partial charge on any atom is 0.166 e. The normalized spacial score (nSPS) is 27.0. The molecule has 0 aromatic carbocycles. The van der Waals surface area contributed by atoms with E-state index in [4.69, 9.17) is 12.2 Å². The van der Waals surface area contributed by atoms with Gasteiger partial charge in [0.1, 0.15) is 0 Å². The molecule has 2 rings (SSSR count). The van der Waals surface area contributed by atoms with Gasteiger partial charge in [-0.2, -0.15) is 0 Å². The Morgan fingerprint density at radius 2 is 1.40 bits per heavy atom. The Kier molecular flexibility index (Phi) is 4.96. The first-order valence-electron chi connectivity index (χ1n) is 8.20. The number of thiocarbonyl (C=S) groups is 1. The smallest absolute Gasteiger partial charge is 0.166 e. The third-order valence-electron chi connectivity index (χ3n) is 4.60. The Labute approximate surface area is 129 Å². The zero-order valence-corrected chi connectivity index (χ0v) is 14.4. The van der Waals surface area contributed by atoms with Crippen molar-refractivity contribution in [3.05, 3.63) is 0 Å². The van der Waals surface area contributed by atoms with Crippen LogP contribution in [0.5, 0.6) is 0 Å². The maximum absolute atomic E-state index is 5.53. The van der Waals surface area contributed by atoms with E-state index in [0.717, 1.165) is 5.11 Å². The van der Waals surface area contributed by atoms with Crippen LogP contribution in [0.1, 0.15) is 72.6 Å². The topological polar surface area (TPSA) is 40.7 Å². The van der Waals surface area contributed by atoms with Crippen LogP contribution < -0.4 is 16.0 Å². The predicted molar refractivity (Wildman–Crippen MR) is 88.8 cm³/mol. The number of nitrogens with two attached hydrogens (primary N) is 1. The molecule has 4 N–H and O–H groups in total. The molecule has 0 aromatic rings. The summed E-state index contributed by atoms with van der Waals surface area (Å²) in [6.45, 7) is 9.33. The van der Waals surface area contributed by atoms with E-state index in [1.54, 1.807) is 0 Å². The predicted octanol–water partition coefficient (Wildman–Crippen LogP) is 2.07. The molecular weight excluding hydrogens is 266 g/mol. The molecular formula is C16H32N3S+. The average molecular weight is 299 g/mol. The lowest BCUT2D eigenvalue weighted by molar-refractivity contribution is -0.787. The van der Waals surface area contributed by atoms with E-state index in [0.29, 0.717) is 23.2 Å². The molecule has 0 aromatic heterocycles. The molecule has 0 bridgehead atoms. The highest BCUT2D eigenvalue weighted by Gasteiger charge is 2.41. The minimum Gasteiger partial charge on any atom is -0.360 e. The van der Waals surface area contributed by atoms with E-state index in [-0.39, 0.29) is 0 Å². The van der Waals surface area contributed by atoms with Gasteiger partial charge >= 0.3 is 0 Å². The van der Waals surface area contributed by atoms with Crippen molar-refractivity contribution in [2.45, 2.75) is 95.8 Å². The first kappa shape index (κ1) is 16.0. The standard InChI is InChI=1S/C16H31N3S/c1-15(2)10-13(11-16(3,4)19-15)18-14(20)17-12-8-6-5-7-9-12/h12-13,19H,5-11H2,1-4H3,(H2,17,18,20)/p+1. The summed E-state index contributed by atoms with van der Waals surface area (Å²) in [6.07, 6.45) is 8.97. The van der Waals surface area contributed by atoms with Crippen molar-refractivity contribution in [2.24, 2.45) is 0 Å². The lowest BCUT2D eigenvalue weighted by atomic mass is 9.80. The average Bonchev–Trinajstić information content (AvgIpc) is 2.25. The van der Waals surface area contributed by atoms with Crippen molar-refractivity contribution in [3.63, 3.8) is 0 Å². The Bertz CT molecular complexity index is 330. The number of rotatable bonds is 2. The van der Waals surface area contributed by atoms with Gasteiger partial charge in [-0.1, -0.05) is 19.3 Å². The molecule has 0 amide bonds. The summed E-state index contributed by atoms with van der Waals surface area (Å²) < 4.78 is 0. The molecule has 1 heterocycles. The van der Waals surface area contributed by atoms with Crippen LogP contribution in [0.2, 0.25) is 0 Å². The van der Waals surface area contributed by atoms with Crippen molar-refractivity contribution in [3.8, 4) is 0 Å². The van der Waals surface area contributed by atoms with Gasteiger partial charge in [0.2, 0.25) is 0 Å². The molecule has 0 radical (unpaired) electrons. The van der Waals surface area contributed by atoms with Crippen LogP contribution in [0.3, 0.4) is 0 Å². The van der Waals surface area contributed by atoms with Gasteiger partial charge in [0.25, 0.3) is 0 Å². The van der Waals surface area contributed by atoms with Crippen LogP contribution in [0.4, 0.5) is 0 Å². The van der Waals surface area contributed by atoms with Gasteiger partial charge < -0.3 is 16.0 Å². The maximum atomic E-state index is 5.53. The first-order chi connectivity index (χ1) is 9.26. The van der Waals surface area contributed by atoms with Crippen LogP contribution >= 0.6 is 12.2 Å². The minimum atomic E-state index is 0.292. The second kappa shape index (κ2) is 6.18. The van der Waals surface area contributed by atoms with Crippen LogP contribution in [0.15, 0.2) is 0 Å². The fourth-order valence-corrected chi connectivity index (χ4v) is 4.61. The van der Waals surface area contributed by atoms with Crippen molar-refractivity contribution >= 4 is 17.3 Å². The summed E-state index contributed by atoms with van der Waals surface area (Å²) in [5.74, 6) is 0. The second-order valence-electron chi connectivity index (χ2n) is 8.18. The van der Waals surface area contributed by atoms with Gasteiger partial charge in [0.05, 0.1) is 11.1 Å². The van der Waals surface area contributed by atoms with E-state index in [1.807, 2.05) is 0 Å². The van der Waals surface area contributed by atoms with Gasteiger partial charge in [-0.3, -0.25) is 0 Å². The van der Waals surface area contributed by atoms with E-state index in [9.17, 15) is 0 Å². The van der Waals surface area contributed by atoms with Crippen molar-refractivity contribution < 1.29 is 5.32 Å². The van der Waals surface area contributed by atoms with Crippen LogP contribution in [-0.2, 0) is 0 Å². The fourth-order valence-electron chi connectivity index (χ4n) is 4.28. The van der Waals surface area contributed by atoms with Gasteiger partial charge in [-0.25, -0.2) is 0 Å². The summed E-state index contributed by atoms with van der Waals surface area (Å²) in [6, 6.07) is 1.09. The molecule has 20 heavy (non-hydrogen) atoms.